The van der Waals surface area contributed by atoms with Gasteiger partial charge in [-0.05, 0) is 83.2 Å². The van der Waals surface area contributed by atoms with E-state index in [1.807, 2.05) is 6.08 Å². The summed E-state index contributed by atoms with van der Waals surface area (Å²) >= 11 is 0. The van der Waals surface area contributed by atoms with Crippen LogP contribution in [0.2, 0.25) is 0 Å². The molecule has 0 aliphatic rings. The van der Waals surface area contributed by atoms with E-state index in [2.05, 4.69) is 37.4 Å². The van der Waals surface area contributed by atoms with Crippen LogP contribution in [-0.2, 0) is 19.1 Å². The van der Waals surface area contributed by atoms with Crippen LogP contribution >= 0.6 is 0 Å². The van der Waals surface area contributed by atoms with Crippen LogP contribution in [0.3, 0.4) is 0 Å². The summed E-state index contributed by atoms with van der Waals surface area (Å²) in [7, 11) is 0. The van der Waals surface area contributed by atoms with E-state index in [1.54, 1.807) is 0 Å². The average Bonchev–Trinajstić information content (AvgIpc) is 2.97. The molecule has 0 fully saturated rings. The van der Waals surface area contributed by atoms with Crippen LogP contribution in [0, 0.1) is 0 Å². The number of carbonyl (C=O) groups excluding carboxylic acids is 2. The third kappa shape index (κ3) is 26.7. The highest BCUT2D eigenvalue weighted by Crippen LogP contribution is 2.15. The molecule has 0 bridgehead atoms. The SMILES string of the molecule is CCCC/C=C\C(CCCCCCC(=O)NC(CCCN)C(=O)O)OC(=O)CCCCCCC/C=C\CCCCCC. The lowest BCUT2D eigenvalue weighted by Crippen LogP contribution is -2.40. The minimum absolute atomic E-state index is 0.106. The van der Waals surface area contributed by atoms with E-state index in [4.69, 9.17) is 10.5 Å². The van der Waals surface area contributed by atoms with Crippen molar-refractivity contribution in [3.05, 3.63) is 24.3 Å². The number of unbranched alkanes of at least 4 members (excludes halogenated alkanes) is 14. The van der Waals surface area contributed by atoms with Gasteiger partial charge in [0.2, 0.25) is 5.91 Å². The topological polar surface area (TPSA) is 119 Å². The number of nitrogens with two attached hydrogens (primary N) is 1. The van der Waals surface area contributed by atoms with Gasteiger partial charge in [0.25, 0.3) is 0 Å². The number of aliphatic carboxylic acids is 1. The fourth-order valence-electron chi connectivity index (χ4n) is 4.81. The van der Waals surface area contributed by atoms with Gasteiger partial charge in [-0.2, -0.15) is 0 Å². The Hall–Kier alpha value is -2.15. The lowest BCUT2D eigenvalue weighted by Gasteiger charge is -2.15. The van der Waals surface area contributed by atoms with Crippen LogP contribution < -0.4 is 11.1 Å². The number of carboxylic acids is 1. The van der Waals surface area contributed by atoms with Crippen molar-refractivity contribution in [2.75, 3.05) is 6.54 Å². The molecule has 7 heteroatoms. The number of amides is 1. The predicted molar refractivity (Wildman–Crippen MR) is 174 cm³/mol. The molecule has 0 aliphatic heterocycles. The number of carbonyl (C=O) groups is 3. The fraction of sp³-hybridized carbons (Fsp3) is 0.800. The van der Waals surface area contributed by atoms with Crippen molar-refractivity contribution < 1.29 is 24.2 Å². The maximum atomic E-state index is 12.5. The molecule has 0 saturated carbocycles. The van der Waals surface area contributed by atoms with Crippen molar-refractivity contribution in [3.63, 3.8) is 0 Å². The van der Waals surface area contributed by atoms with Gasteiger partial charge >= 0.3 is 11.9 Å². The van der Waals surface area contributed by atoms with Crippen molar-refractivity contribution in [1.82, 2.24) is 5.32 Å². The van der Waals surface area contributed by atoms with Crippen LogP contribution in [0.4, 0.5) is 0 Å². The van der Waals surface area contributed by atoms with E-state index < -0.39 is 12.0 Å². The molecule has 2 atom stereocenters. The van der Waals surface area contributed by atoms with Gasteiger partial charge < -0.3 is 20.9 Å². The Labute approximate surface area is 257 Å². The number of nitrogens with one attached hydrogen (secondary N) is 1. The molecule has 4 N–H and O–H groups in total. The number of hydrogen-bond acceptors (Lipinski definition) is 5. The van der Waals surface area contributed by atoms with Gasteiger partial charge in [-0.1, -0.05) is 96.3 Å². The number of ether oxygens (including phenoxy) is 1. The summed E-state index contributed by atoms with van der Waals surface area (Å²) < 4.78 is 5.82. The van der Waals surface area contributed by atoms with Crippen LogP contribution in [0.5, 0.6) is 0 Å². The summed E-state index contributed by atoms with van der Waals surface area (Å²) in [5.74, 6) is -1.35. The van der Waals surface area contributed by atoms with Crippen molar-refractivity contribution in [3.8, 4) is 0 Å². The summed E-state index contributed by atoms with van der Waals surface area (Å²) in [4.78, 5) is 35.9. The largest absolute Gasteiger partial charge is 0.480 e. The highest BCUT2D eigenvalue weighted by atomic mass is 16.5. The summed E-state index contributed by atoms with van der Waals surface area (Å²) in [6.07, 6.45) is 31.1. The predicted octanol–water partition coefficient (Wildman–Crippen LogP) is 8.55. The number of esters is 1. The maximum absolute atomic E-state index is 12.5. The first-order chi connectivity index (χ1) is 20.4. The summed E-state index contributed by atoms with van der Waals surface area (Å²) in [5, 5.41) is 11.8. The Morgan fingerprint density at radius 2 is 1.26 bits per heavy atom. The van der Waals surface area contributed by atoms with Gasteiger partial charge in [0.1, 0.15) is 12.1 Å². The van der Waals surface area contributed by atoms with Gasteiger partial charge in [-0.25, -0.2) is 4.79 Å². The van der Waals surface area contributed by atoms with E-state index in [0.29, 0.717) is 38.6 Å². The third-order valence-corrected chi connectivity index (χ3v) is 7.47. The highest BCUT2D eigenvalue weighted by Gasteiger charge is 2.18. The van der Waals surface area contributed by atoms with Crippen LogP contribution in [-0.4, -0.2) is 41.6 Å². The second kappa shape index (κ2) is 30.3. The maximum Gasteiger partial charge on any atom is 0.326 e. The number of allylic oxidation sites excluding steroid dienone is 3. The summed E-state index contributed by atoms with van der Waals surface area (Å²) in [5.41, 5.74) is 5.45. The zero-order chi connectivity index (χ0) is 31.1. The lowest BCUT2D eigenvalue weighted by molar-refractivity contribution is -0.147. The standard InChI is InChI=1S/C35H64N2O5/c1-3-5-7-9-10-11-12-13-14-15-16-17-23-29-34(39)42-31(25-20-8-6-4-2)26-21-18-19-22-28-33(38)37-32(35(40)41)27-24-30-36/h11-12,20,25,31-32H,3-10,13-19,21-24,26-30,36H2,1-2H3,(H,37,38)(H,40,41)/b12-11-,25-20-. The molecule has 244 valence electrons. The van der Waals surface area contributed by atoms with Gasteiger partial charge in [-0.3, -0.25) is 9.59 Å². The molecule has 42 heavy (non-hydrogen) atoms. The van der Waals surface area contributed by atoms with E-state index in [-0.39, 0.29) is 18.0 Å². The van der Waals surface area contributed by atoms with Crippen molar-refractivity contribution in [1.29, 1.82) is 0 Å². The minimum Gasteiger partial charge on any atom is -0.480 e. The average molecular weight is 593 g/mol. The number of rotatable bonds is 30. The third-order valence-electron chi connectivity index (χ3n) is 7.47. The minimum atomic E-state index is -1.02. The van der Waals surface area contributed by atoms with E-state index in [0.717, 1.165) is 64.2 Å². The molecule has 0 aliphatic carbocycles. The van der Waals surface area contributed by atoms with Gasteiger partial charge in [0.15, 0.2) is 0 Å². The normalized spacial score (nSPS) is 13.0. The Balaban J connectivity index is 4.14. The fourth-order valence-corrected chi connectivity index (χ4v) is 4.81. The van der Waals surface area contributed by atoms with Crippen LogP contribution in [0.1, 0.15) is 162 Å². The van der Waals surface area contributed by atoms with E-state index in [9.17, 15) is 19.5 Å². The molecule has 0 aromatic heterocycles. The zero-order valence-electron chi connectivity index (χ0n) is 27.1. The molecule has 0 aromatic carbocycles. The molecule has 0 saturated heterocycles. The smallest absolute Gasteiger partial charge is 0.326 e. The van der Waals surface area contributed by atoms with E-state index in [1.165, 1.54) is 51.4 Å². The lowest BCUT2D eigenvalue weighted by atomic mass is 10.1. The molecular weight excluding hydrogens is 528 g/mol. The summed E-state index contributed by atoms with van der Waals surface area (Å²) in [6, 6.07) is -0.867. The quantitative estimate of drug-likeness (QED) is 0.0437. The Morgan fingerprint density at radius 1 is 0.690 bits per heavy atom. The Morgan fingerprint density at radius 3 is 1.90 bits per heavy atom. The second-order valence-electron chi connectivity index (χ2n) is 11.6. The molecule has 7 nitrogen and oxygen atoms in total. The van der Waals surface area contributed by atoms with Crippen LogP contribution in [0.25, 0.3) is 0 Å². The molecule has 0 rings (SSSR count). The van der Waals surface area contributed by atoms with E-state index >= 15 is 0 Å². The molecule has 0 heterocycles. The Kier molecular flexibility index (Phi) is 28.8. The molecular formula is C35H64N2O5. The number of hydrogen-bond donors (Lipinski definition) is 3. The Bertz CT molecular complexity index is 722. The highest BCUT2D eigenvalue weighted by molar-refractivity contribution is 5.83. The summed E-state index contributed by atoms with van der Waals surface area (Å²) in [6.45, 7) is 4.82. The first-order valence-corrected chi connectivity index (χ1v) is 17.2. The molecule has 0 aromatic rings. The monoisotopic (exact) mass is 592 g/mol. The molecule has 0 radical (unpaired) electrons. The first kappa shape index (κ1) is 39.8. The van der Waals surface area contributed by atoms with Crippen LogP contribution in [0.15, 0.2) is 24.3 Å². The van der Waals surface area contributed by atoms with Gasteiger partial charge in [0, 0.05) is 12.8 Å². The number of carboxylic acid groups (broad SMARTS) is 1. The molecule has 2 unspecified atom stereocenters. The second-order valence-corrected chi connectivity index (χ2v) is 11.6. The zero-order valence-corrected chi connectivity index (χ0v) is 27.1. The van der Waals surface area contributed by atoms with Crippen molar-refractivity contribution >= 4 is 17.8 Å². The molecule has 1 amide bonds. The van der Waals surface area contributed by atoms with Crippen molar-refractivity contribution in [2.24, 2.45) is 5.73 Å². The molecule has 0 spiro atoms. The first-order valence-electron chi connectivity index (χ1n) is 17.2. The van der Waals surface area contributed by atoms with Gasteiger partial charge in [-0.15, -0.1) is 0 Å². The van der Waals surface area contributed by atoms with Crippen molar-refractivity contribution in [2.45, 2.75) is 174 Å². The van der Waals surface area contributed by atoms with Gasteiger partial charge in [0.05, 0.1) is 0 Å².